The van der Waals surface area contributed by atoms with E-state index in [-0.39, 0.29) is 31.1 Å². The molecule has 0 aliphatic carbocycles. The number of carbonyl (C=O) groups is 3. The Kier molecular flexibility index (Phi) is 67.0. The normalized spacial score (nSPS) is 12.0. The number of esters is 3. The van der Waals surface area contributed by atoms with Crippen molar-refractivity contribution in [1.29, 1.82) is 0 Å². The van der Waals surface area contributed by atoms with E-state index in [1.165, 1.54) is 321 Å². The zero-order valence-corrected chi connectivity index (χ0v) is 53.9. The average Bonchev–Trinajstić information content (AvgIpc) is 3.45. The van der Waals surface area contributed by atoms with Crippen LogP contribution in [0.2, 0.25) is 0 Å². The molecule has 468 valence electrons. The molecule has 0 N–H and O–H groups in total. The quantitative estimate of drug-likeness (QED) is 0.0261. The van der Waals surface area contributed by atoms with Gasteiger partial charge in [0, 0.05) is 19.3 Å². The number of allylic oxidation sites excluding steroid dienone is 2. The minimum Gasteiger partial charge on any atom is -0.462 e. The third-order valence-electron chi connectivity index (χ3n) is 16.8. The fourth-order valence-electron chi connectivity index (χ4n) is 11.3. The molecule has 6 nitrogen and oxygen atoms in total. The molecule has 0 aliphatic rings. The molecule has 0 rings (SSSR count). The summed E-state index contributed by atoms with van der Waals surface area (Å²) in [5.41, 5.74) is 0. The predicted octanol–water partition coefficient (Wildman–Crippen LogP) is 24.8. The highest BCUT2D eigenvalue weighted by Crippen LogP contribution is 2.19. The molecule has 79 heavy (non-hydrogen) atoms. The van der Waals surface area contributed by atoms with Crippen molar-refractivity contribution in [3.8, 4) is 0 Å². The molecule has 1 unspecified atom stereocenters. The van der Waals surface area contributed by atoms with E-state index in [2.05, 4.69) is 32.9 Å². The van der Waals surface area contributed by atoms with Gasteiger partial charge in [0.1, 0.15) is 13.2 Å². The molecule has 0 spiro atoms. The SMILES string of the molecule is CCCCCCCCCC/C=C\CCCCCCCCCCCCCCCCCCCC(=O)OCC(COC(=O)CCCCCCCCCCCC)OC(=O)CCCCCCCCCCCCCCCCCCCCCCCC. The zero-order chi connectivity index (χ0) is 57.1. The minimum atomic E-state index is -0.764. The first-order valence-electron chi connectivity index (χ1n) is 36.2. The molecule has 0 amide bonds. The predicted molar refractivity (Wildman–Crippen MR) is 344 cm³/mol. The van der Waals surface area contributed by atoms with Gasteiger partial charge in [-0.15, -0.1) is 0 Å². The van der Waals surface area contributed by atoms with E-state index in [1.807, 2.05) is 0 Å². The highest BCUT2D eigenvalue weighted by atomic mass is 16.6. The third-order valence-corrected chi connectivity index (χ3v) is 16.8. The highest BCUT2D eigenvalue weighted by molar-refractivity contribution is 5.71. The molecule has 0 aliphatic heterocycles. The number of hydrogen-bond donors (Lipinski definition) is 0. The van der Waals surface area contributed by atoms with Gasteiger partial charge in [-0.3, -0.25) is 14.4 Å². The fourth-order valence-corrected chi connectivity index (χ4v) is 11.3. The monoisotopic (exact) mass is 1110 g/mol. The molecule has 0 saturated heterocycles. The molecule has 0 aromatic heterocycles. The summed E-state index contributed by atoms with van der Waals surface area (Å²) in [5, 5.41) is 0. The van der Waals surface area contributed by atoms with E-state index >= 15 is 0 Å². The van der Waals surface area contributed by atoms with Crippen LogP contribution in [0.25, 0.3) is 0 Å². The zero-order valence-electron chi connectivity index (χ0n) is 53.9. The van der Waals surface area contributed by atoms with Gasteiger partial charge in [0.2, 0.25) is 0 Å². The van der Waals surface area contributed by atoms with E-state index in [0.717, 1.165) is 57.8 Å². The van der Waals surface area contributed by atoms with Crippen LogP contribution in [0.5, 0.6) is 0 Å². The van der Waals surface area contributed by atoms with Gasteiger partial charge in [-0.1, -0.05) is 367 Å². The molecule has 0 aromatic rings. The van der Waals surface area contributed by atoms with Crippen molar-refractivity contribution in [3.05, 3.63) is 12.2 Å². The Hall–Kier alpha value is -1.85. The Balaban J connectivity index is 4.09. The number of rotatable bonds is 68. The smallest absolute Gasteiger partial charge is 0.306 e. The summed E-state index contributed by atoms with van der Waals surface area (Å²) < 4.78 is 17.0. The lowest BCUT2D eigenvalue weighted by atomic mass is 10.0. The highest BCUT2D eigenvalue weighted by Gasteiger charge is 2.19. The second-order valence-corrected chi connectivity index (χ2v) is 24.9. The van der Waals surface area contributed by atoms with Gasteiger partial charge in [0.15, 0.2) is 6.10 Å². The first-order chi connectivity index (χ1) is 39.0. The van der Waals surface area contributed by atoms with Gasteiger partial charge in [-0.05, 0) is 44.9 Å². The van der Waals surface area contributed by atoms with Gasteiger partial charge >= 0.3 is 17.9 Å². The van der Waals surface area contributed by atoms with Crippen LogP contribution in [0, 0.1) is 0 Å². The van der Waals surface area contributed by atoms with Crippen LogP contribution in [-0.4, -0.2) is 37.2 Å². The molecule has 0 saturated carbocycles. The molecular weight excluding hydrogens is 973 g/mol. The van der Waals surface area contributed by atoms with Gasteiger partial charge in [0.05, 0.1) is 0 Å². The Morgan fingerprint density at radius 3 is 0.633 bits per heavy atom. The third kappa shape index (κ3) is 66.8. The molecule has 6 heteroatoms. The lowest BCUT2D eigenvalue weighted by Crippen LogP contribution is -2.30. The Labute approximate surface area is 494 Å². The number of ether oxygens (including phenoxy) is 3. The van der Waals surface area contributed by atoms with Crippen LogP contribution in [0.1, 0.15) is 419 Å². The van der Waals surface area contributed by atoms with Gasteiger partial charge in [-0.2, -0.15) is 0 Å². The molecule has 0 fully saturated rings. The van der Waals surface area contributed by atoms with E-state index in [1.54, 1.807) is 0 Å². The van der Waals surface area contributed by atoms with Crippen LogP contribution in [-0.2, 0) is 28.6 Å². The maximum absolute atomic E-state index is 12.9. The maximum Gasteiger partial charge on any atom is 0.306 e. The van der Waals surface area contributed by atoms with Gasteiger partial charge in [-0.25, -0.2) is 0 Å². The van der Waals surface area contributed by atoms with Crippen molar-refractivity contribution >= 4 is 17.9 Å². The summed E-state index contributed by atoms with van der Waals surface area (Å²) in [7, 11) is 0. The standard InChI is InChI=1S/C73H140O6/c1-4-7-10-13-16-19-22-24-26-28-30-32-34-35-36-37-38-39-40-42-43-45-47-49-51-54-57-60-63-66-72(75)78-69-70(68-77-71(74)65-62-59-56-53-21-18-15-12-9-6-3)79-73(76)67-64-61-58-55-52-50-48-46-44-41-33-31-29-27-25-23-20-17-14-11-8-5-2/h28,30,70H,4-27,29,31-69H2,1-3H3/b30-28-. The van der Waals surface area contributed by atoms with Crippen molar-refractivity contribution < 1.29 is 28.6 Å². The second-order valence-electron chi connectivity index (χ2n) is 24.9. The lowest BCUT2D eigenvalue weighted by Gasteiger charge is -2.18. The maximum atomic E-state index is 12.9. The van der Waals surface area contributed by atoms with Crippen LogP contribution < -0.4 is 0 Å². The number of hydrogen-bond acceptors (Lipinski definition) is 6. The van der Waals surface area contributed by atoms with E-state index in [4.69, 9.17) is 14.2 Å². The summed E-state index contributed by atoms with van der Waals surface area (Å²) >= 11 is 0. The average molecular weight is 1110 g/mol. The Morgan fingerprint density at radius 2 is 0.418 bits per heavy atom. The van der Waals surface area contributed by atoms with Gasteiger partial charge < -0.3 is 14.2 Å². The lowest BCUT2D eigenvalue weighted by molar-refractivity contribution is -0.167. The molecule has 0 bridgehead atoms. The van der Waals surface area contributed by atoms with Crippen LogP contribution in [0.3, 0.4) is 0 Å². The topological polar surface area (TPSA) is 78.9 Å². The van der Waals surface area contributed by atoms with Crippen molar-refractivity contribution in [1.82, 2.24) is 0 Å². The summed E-state index contributed by atoms with van der Waals surface area (Å²) in [5.74, 6) is -0.828. The summed E-state index contributed by atoms with van der Waals surface area (Å²) in [6.07, 6.45) is 82.6. The van der Waals surface area contributed by atoms with Crippen molar-refractivity contribution in [2.24, 2.45) is 0 Å². The van der Waals surface area contributed by atoms with Crippen molar-refractivity contribution in [2.45, 2.75) is 425 Å². The van der Waals surface area contributed by atoms with Crippen molar-refractivity contribution in [3.63, 3.8) is 0 Å². The molecular formula is C73H140O6. The second kappa shape index (κ2) is 68.6. The molecule has 1 atom stereocenters. The summed E-state index contributed by atoms with van der Waals surface area (Å²) in [6.45, 7) is 6.72. The number of unbranched alkanes of at least 4 members (excludes halogenated alkanes) is 55. The van der Waals surface area contributed by atoms with Gasteiger partial charge in [0.25, 0.3) is 0 Å². The number of carbonyl (C=O) groups excluding carboxylic acids is 3. The Bertz CT molecular complexity index is 1230. The van der Waals surface area contributed by atoms with Crippen LogP contribution in [0.4, 0.5) is 0 Å². The molecule has 0 aromatic carbocycles. The summed E-state index contributed by atoms with van der Waals surface area (Å²) in [6, 6.07) is 0. The Morgan fingerprint density at radius 1 is 0.241 bits per heavy atom. The van der Waals surface area contributed by atoms with E-state index < -0.39 is 6.10 Å². The molecule has 0 radical (unpaired) electrons. The van der Waals surface area contributed by atoms with Crippen LogP contribution >= 0.6 is 0 Å². The van der Waals surface area contributed by atoms with Crippen molar-refractivity contribution in [2.75, 3.05) is 13.2 Å². The van der Waals surface area contributed by atoms with E-state index in [9.17, 15) is 14.4 Å². The first kappa shape index (κ1) is 77.2. The first-order valence-corrected chi connectivity index (χ1v) is 36.2. The summed E-state index contributed by atoms with van der Waals surface area (Å²) in [4.78, 5) is 38.3. The minimum absolute atomic E-state index is 0.0623. The van der Waals surface area contributed by atoms with Crippen LogP contribution in [0.15, 0.2) is 12.2 Å². The fraction of sp³-hybridized carbons (Fsp3) is 0.932. The largest absolute Gasteiger partial charge is 0.462 e. The molecule has 0 heterocycles. The van der Waals surface area contributed by atoms with E-state index in [0.29, 0.717) is 19.3 Å².